The first-order chi connectivity index (χ1) is 6.93. The lowest BCUT2D eigenvalue weighted by molar-refractivity contribution is -0.118. The molecule has 1 aromatic carbocycles. The number of hydrogen-bond acceptors (Lipinski definition) is 4. The average Bonchev–Trinajstić information content (AvgIpc) is 2.17. The van der Waals surface area contributed by atoms with Gasteiger partial charge in [-0.2, -0.15) is 8.42 Å². The molecule has 0 aromatic heterocycles. The second-order valence-corrected chi connectivity index (χ2v) is 4.13. The molecule has 7 heteroatoms. The first-order valence-electron chi connectivity index (χ1n) is 3.92. The summed E-state index contributed by atoms with van der Waals surface area (Å²) in [6.45, 7) is -0.653. The molecule has 0 saturated carbocycles. The predicted molar refractivity (Wildman–Crippen MR) is 52.0 cm³/mol. The summed E-state index contributed by atoms with van der Waals surface area (Å²) >= 11 is 0. The lowest BCUT2D eigenvalue weighted by Gasteiger charge is -2.03. The maximum absolute atomic E-state index is 10.7. The second-order valence-electron chi connectivity index (χ2n) is 2.71. The van der Waals surface area contributed by atoms with E-state index in [0.29, 0.717) is 5.69 Å². The van der Waals surface area contributed by atoms with Gasteiger partial charge in [0.25, 0.3) is 10.1 Å². The van der Waals surface area contributed by atoms with Gasteiger partial charge in [0.2, 0.25) is 5.91 Å². The Hall–Kier alpha value is -1.44. The third-order valence-corrected chi connectivity index (χ3v) is 2.45. The zero-order valence-electron chi connectivity index (χ0n) is 7.54. The lowest BCUT2D eigenvalue weighted by Crippen LogP contribution is -2.15. The molecule has 15 heavy (non-hydrogen) atoms. The van der Waals surface area contributed by atoms with E-state index in [1.807, 2.05) is 0 Å². The molecule has 6 nitrogen and oxygen atoms in total. The molecular formula is C8H9NO5S. The molecule has 3 N–H and O–H groups in total. The fourth-order valence-electron chi connectivity index (χ4n) is 0.911. The lowest BCUT2D eigenvalue weighted by atomic mass is 10.3. The molecule has 1 amide bonds. The maximum atomic E-state index is 10.7. The number of benzene rings is 1. The van der Waals surface area contributed by atoms with E-state index in [-0.39, 0.29) is 4.90 Å². The van der Waals surface area contributed by atoms with Gasteiger partial charge in [0.15, 0.2) is 0 Å². The number of anilines is 1. The van der Waals surface area contributed by atoms with Crippen LogP contribution in [-0.4, -0.2) is 30.6 Å². The number of aliphatic hydroxyl groups is 1. The average molecular weight is 231 g/mol. The van der Waals surface area contributed by atoms with Gasteiger partial charge in [0.05, 0.1) is 4.90 Å². The highest BCUT2D eigenvalue weighted by Crippen LogP contribution is 2.13. The summed E-state index contributed by atoms with van der Waals surface area (Å²) in [4.78, 5) is 10.5. The highest BCUT2D eigenvalue weighted by Gasteiger charge is 2.08. The summed E-state index contributed by atoms with van der Waals surface area (Å²) in [5.41, 5.74) is 0.335. The Morgan fingerprint density at radius 1 is 1.27 bits per heavy atom. The van der Waals surface area contributed by atoms with Gasteiger partial charge >= 0.3 is 0 Å². The third-order valence-electron chi connectivity index (χ3n) is 1.58. The topological polar surface area (TPSA) is 104 Å². The van der Waals surface area contributed by atoms with E-state index in [9.17, 15) is 13.2 Å². The normalized spacial score (nSPS) is 11.1. The molecule has 0 fully saturated rings. The Balaban J connectivity index is 2.86. The van der Waals surface area contributed by atoms with E-state index in [2.05, 4.69) is 5.32 Å². The number of hydrogen-bond donors (Lipinski definition) is 3. The summed E-state index contributed by atoms with van der Waals surface area (Å²) in [6.07, 6.45) is 0. The SMILES string of the molecule is O=C(CO)Nc1ccc(S(=O)(=O)O)cc1. The Kier molecular flexibility index (Phi) is 3.40. The Bertz CT molecular complexity index is 450. The second kappa shape index (κ2) is 4.39. The van der Waals surface area contributed by atoms with Gasteiger partial charge in [0, 0.05) is 5.69 Å². The van der Waals surface area contributed by atoms with Crippen LogP contribution in [0.1, 0.15) is 0 Å². The first kappa shape index (κ1) is 11.6. The van der Waals surface area contributed by atoms with Crippen molar-refractivity contribution in [3.63, 3.8) is 0 Å². The van der Waals surface area contributed by atoms with Gasteiger partial charge in [0.1, 0.15) is 6.61 Å². The summed E-state index contributed by atoms with van der Waals surface area (Å²) in [5.74, 6) is -0.602. The van der Waals surface area contributed by atoms with Gasteiger partial charge < -0.3 is 10.4 Å². The van der Waals surface area contributed by atoms with Crippen LogP contribution in [0.3, 0.4) is 0 Å². The van der Waals surface area contributed by atoms with Crippen LogP contribution in [0.4, 0.5) is 5.69 Å². The molecule has 0 bridgehead atoms. The van der Waals surface area contributed by atoms with Crippen molar-refractivity contribution in [3.8, 4) is 0 Å². The molecule has 0 aliphatic heterocycles. The fourth-order valence-corrected chi connectivity index (χ4v) is 1.39. The van der Waals surface area contributed by atoms with Crippen LogP contribution in [0.2, 0.25) is 0 Å². The third kappa shape index (κ3) is 3.31. The molecule has 0 aliphatic rings. The van der Waals surface area contributed by atoms with E-state index in [4.69, 9.17) is 9.66 Å². The van der Waals surface area contributed by atoms with Crippen molar-refractivity contribution >= 4 is 21.7 Å². The molecule has 0 radical (unpaired) electrons. The van der Waals surface area contributed by atoms with Crippen LogP contribution in [0, 0.1) is 0 Å². The Morgan fingerprint density at radius 3 is 2.20 bits per heavy atom. The van der Waals surface area contributed by atoms with Gasteiger partial charge in [-0.25, -0.2) is 0 Å². The van der Waals surface area contributed by atoms with Crippen molar-refractivity contribution in [2.24, 2.45) is 0 Å². The monoisotopic (exact) mass is 231 g/mol. The molecule has 0 aliphatic carbocycles. The number of carbonyl (C=O) groups excluding carboxylic acids is 1. The maximum Gasteiger partial charge on any atom is 0.294 e. The number of amides is 1. The van der Waals surface area contributed by atoms with E-state index in [1.165, 1.54) is 12.1 Å². The number of nitrogens with one attached hydrogen (secondary N) is 1. The van der Waals surface area contributed by atoms with Gasteiger partial charge in [-0.05, 0) is 24.3 Å². The molecule has 0 unspecified atom stereocenters. The number of carbonyl (C=O) groups is 1. The molecule has 0 atom stereocenters. The van der Waals surface area contributed by atoms with Crippen molar-refractivity contribution < 1.29 is 22.9 Å². The fraction of sp³-hybridized carbons (Fsp3) is 0.125. The van der Waals surface area contributed by atoms with Crippen molar-refractivity contribution in [3.05, 3.63) is 24.3 Å². The van der Waals surface area contributed by atoms with E-state index in [0.717, 1.165) is 12.1 Å². The van der Waals surface area contributed by atoms with Crippen molar-refractivity contribution in [1.82, 2.24) is 0 Å². The zero-order valence-corrected chi connectivity index (χ0v) is 8.36. The molecule has 1 rings (SSSR count). The van der Waals surface area contributed by atoms with Crippen LogP contribution >= 0.6 is 0 Å². The van der Waals surface area contributed by atoms with Crippen LogP contribution in [0.5, 0.6) is 0 Å². The zero-order chi connectivity index (χ0) is 11.5. The minimum absolute atomic E-state index is 0.260. The quantitative estimate of drug-likeness (QED) is 0.628. The van der Waals surface area contributed by atoms with Crippen LogP contribution in [0.25, 0.3) is 0 Å². The van der Waals surface area contributed by atoms with Crippen molar-refractivity contribution in [1.29, 1.82) is 0 Å². The van der Waals surface area contributed by atoms with Crippen LogP contribution in [0.15, 0.2) is 29.2 Å². The molecule has 1 aromatic rings. The Morgan fingerprint density at radius 2 is 1.80 bits per heavy atom. The van der Waals surface area contributed by atoms with Crippen molar-refractivity contribution in [2.75, 3.05) is 11.9 Å². The van der Waals surface area contributed by atoms with E-state index < -0.39 is 22.6 Å². The summed E-state index contributed by atoms with van der Waals surface area (Å²) in [5, 5.41) is 10.7. The number of rotatable bonds is 3. The van der Waals surface area contributed by atoms with Crippen LogP contribution in [-0.2, 0) is 14.9 Å². The standard InChI is InChI=1S/C8H9NO5S/c10-5-8(11)9-6-1-3-7(4-2-6)15(12,13)14/h1-4,10H,5H2,(H,9,11)(H,12,13,14). The predicted octanol–water partition coefficient (Wildman–Crippen LogP) is -0.136. The Labute approximate surface area is 86.3 Å². The number of aliphatic hydroxyl groups excluding tert-OH is 1. The summed E-state index contributed by atoms with van der Waals surface area (Å²) in [7, 11) is -4.22. The molecular weight excluding hydrogens is 222 g/mol. The van der Waals surface area contributed by atoms with Crippen molar-refractivity contribution in [2.45, 2.75) is 4.90 Å². The molecule has 0 heterocycles. The summed E-state index contributed by atoms with van der Waals surface area (Å²) < 4.78 is 30.0. The van der Waals surface area contributed by atoms with Gasteiger partial charge in [-0.3, -0.25) is 9.35 Å². The first-order valence-corrected chi connectivity index (χ1v) is 5.36. The smallest absolute Gasteiger partial charge is 0.294 e. The molecule has 82 valence electrons. The highest BCUT2D eigenvalue weighted by molar-refractivity contribution is 7.85. The molecule has 0 saturated heterocycles. The summed E-state index contributed by atoms with van der Waals surface area (Å²) in [6, 6.07) is 4.89. The highest BCUT2D eigenvalue weighted by atomic mass is 32.2. The molecule has 0 spiro atoms. The minimum Gasteiger partial charge on any atom is -0.387 e. The van der Waals surface area contributed by atoms with E-state index >= 15 is 0 Å². The van der Waals surface area contributed by atoms with E-state index in [1.54, 1.807) is 0 Å². The largest absolute Gasteiger partial charge is 0.387 e. The minimum atomic E-state index is -4.22. The van der Waals surface area contributed by atoms with Gasteiger partial charge in [-0.15, -0.1) is 0 Å². The van der Waals surface area contributed by atoms with Gasteiger partial charge in [-0.1, -0.05) is 0 Å². The van der Waals surface area contributed by atoms with Crippen LogP contribution < -0.4 is 5.32 Å².